The Morgan fingerprint density at radius 3 is 1.25 bits per heavy atom. The van der Waals surface area contributed by atoms with Crippen LogP contribution in [0.1, 0.15) is 0 Å². The molecule has 0 spiro atoms. The summed E-state index contributed by atoms with van der Waals surface area (Å²) < 4.78 is 8.34. The van der Waals surface area contributed by atoms with Gasteiger partial charge in [-0.25, -0.2) is 0 Å². The van der Waals surface area contributed by atoms with Gasteiger partial charge in [-0.2, -0.15) is 0 Å². The summed E-state index contributed by atoms with van der Waals surface area (Å²) in [5.41, 5.74) is 0. The molecule has 0 unspecified atom stereocenters. The molecule has 0 amide bonds. The second kappa shape index (κ2) is 19.7. The van der Waals surface area contributed by atoms with Crippen molar-refractivity contribution >= 4 is 22.5 Å². The van der Waals surface area contributed by atoms with Gasteiger partial charge in [-0.1, -0.05) is 0 Å². The third-order valence-corrected chi connectivity index (χ3v) is 0. The zero-order valence-electron chi connectivity index (χ0n) is 1.86. The molecule has 0 atom stereocenters. The van der Waals surface area contributed by atoms with E-state index in [1.54, 1.807) is 0 Å². The molecule has 4 heteroatoms. The monoisotopic (exact) mass is 277 g/mol. The van der Waals surface area contributed by atoms with Gasteiger partial charge in [0.2, 0.25) is 0 Å². The molecule has 0 bridgehead atoms. The smallest absolute Gasteiger partial charge is 0 e. The third kappa shape index (κ3) is 8.96. The zero-order chi connectivity index (χ0) is 2.00. The molecule has 0 aliphatic rings. The van der Waals surface area contributed by atoms with E-state index in [1.165, 1.54) is 0 Å². The van der Waals surface area contributed by atoms with E-state index in [2.05, 4.69) is 0 Å². The zero-order valence-corrected chi connectivity index (χ0v) is 8.47. The predicted octanol–water partition coefficient (Wildman–Crippen LogP) is -0.505. The van der Waals surface area contributed by atoms with Crippen molar-refractivity contribution in [2.75, 3.05) is 0 Å². The quantitative estimate of drug-likeness (QED) is 0.545. The Bertz CT molecular complexity index is 8.00. The predicted molar refractivity (Wildman–Crippen MR) is 6.44 cm³/mol. The molecule has 3 radical (unpaired) electrons. The first-order valence-electron chi connectivity index (χ1n) is 0.204. The van der Waals surface area contributed by atoms with Crippen LogP contribution >= 0.6 is 0 Å². The molecular formula is NbOSnTi. The third-order valence-electron chi connectivity index (χ3n) is 0. The van der Waals surface area contributed by atoms with Crippen LogP contribution < -0.4 is 0 Å². The summed E-state index contributed by atoms with van der Waals surface area (Å²) in [6.45, 7) is 0. The van der Waals surface area contributed by atoms with Crippen LogP contribution in [-0.2, 0) is 47.2 Å². The minimum atomic E-state index is 0. The van der Waals surface area contributed by atoms with Gasteiger partial charge in [0.05, 0.1) is 0 Å². The van der Waals surface area contributed by atoms with Crippen molar-refractivity contribution in [2.45, 2.75) is 0 Å². The molecule has 0 N–H and O–H groups in total. The molecule has 0 aromatic carbocycles. The fourth-order valence-corrected chi connectivity index (χ4v) is 0. The van der Waals surface area contributed by atoms with Gasteiger partial charge in [-0.15, -0.1) is 0 Å². The topological polar surface area (TPSA) is 17.1 Å². The Balaban J connectivity index is -0.00000000500. The summed E-state index contributed by atoms with van der Waals surface area (Å²) in [5, 5.41) is 0. The molecule has 0 aliphatic carbocycles. The summed E-state index contributed by atoms with van der Waals surface area (Å²) in [5.74, 6) is 0. The van der Waals surface area contributed by atoms with Crippen LogP contribution in [0.15, 0.2) is 0 Å². The van der Waals surface area contributed by atoms with Crippen molar-refractivity contribution in [1.82, 2.24) is 0 Å². The maximum atomic E-state index is 8.34. The van der Waals surface area contributed by atoms with Crippen molar-refractivity contribution in [3.63, 3.8) is 0 Å². The van der Waals surface area contributed by atoms with Crippen molar-refractivity contribution < 1.29 is 47.2 Å². The molecule has 0 aromatic heterocycles. The van der Waals surface area contributed by atoms with Crippen LogP contribution in [0.4, 0.5) is 0 Å². The van der Waals surface area contributed by atoms with E-state index in [9.17, 15) is 0 Å². The molecule has 0 rings (SSSR count). The fourth-order valence-electron chi connectivity index (χ4n) is 0. The van der Waals surface area contributed by atoms with Gasteiger partial charge in [0, 0.05) is 44.1 Å². The second-order valence-electron chi connectivity index (χ2n) is 0. The van der Waals surface area contributed by atoms with Gasteiger partial charge in [-0.05, 0) is 0 Å². The van der Waals surface area contributed by atoms with Gasteiger partial charge in [-0.3, -0.25) is 0 Å². The van der Waals surface area contributed by atoms with Crippen molar-refractivity contribution in [3.05, 3.63) is 0 Å². The van der Waals surface area contributed by atoms with E-state index >= 15 is 0 Å². The van der Waals surface area contributed by atoms with E-state index in [0.29, 0.717) is 22.5 Å². The average molecular weight is 275 g/mol. The SMILES string of the molecule is [Nb].[O]=[Sn].[Ti]. The molecule has 0 fully saturated rings. The van der Waals surface area contributed by atoms with Crippen molar-refractivity contribution in [3.8, 4) is 0 Å². The molecule has 1 nitrogen and oxygen atoms in total. The molecule has 0 aromatic rings. The van der Waals surface area contributed by atoms with Gasteiger partial charge in [0.25, 0.3) is 0 Å². The molecule has 0 heterocycles. The Kier molecular flexibility index (Phi) is 81.6. The Hall–Kier alpha value is 2.05. The van der Waals surface area contributed by atoms with Crippen LogP contribution in [0.5, 0.6) is 0 Å². The second-order valence-corrected chi connectivity index (χ2v) is 0. The minimum Gasteiger partial charge on any atom is 0 e. The van der Waals surface area contributed by atoms with Gasteiger partial charge in [0.1, 0.15) is 0 Å². The van der Waals surface area contributed by atoms with Crippen LogP contribution in [0.3, 0.4) is 0 Å². The van der Waals surface area contributed by atoms with E-state index in [-0.39, 0.29) is 44.1 Å². The van der Waals surface area contributed by atoms with E-state index in [0.717, 1.165) is 0 Å². The van der Waals surface area contributed by atoms with Crippen LogP contribution in [0, 0.1) is 0 Å². The van der Waals surface area contributed by atoms with Gasteiger partial charge >= 0.3 is 25.6 Å². The molecule has 4 heavy (non-hydrogen) atoms. The first-order chi connectivity index (χ1) is 1.00. The summed E-state index contributed by atoms with van der Waals surface area (Å²) in [6.07, 6.45) is 0. The fraction of sp³-hybridized carbons (Fsp3) is 0. The Morgan fingerprint density at radius 2 is 1.25 bits per heavy atom. The molecule has 0 saturated carbocycles. The Morgan fingerprint density at radius 1 is 1.25 bits per heavy atom. The first-order valence-corrected chi connectivity index (χ1v) is 1.37. The van der Waals surface area contributed by atoms with Crippen LogP contribution in [-0.4, -0.2) is 22.5 Å². The number of hydrogen-bond acceptors (Lipinski definition) is 1. The number of rotatable bonds is 0. The van der Waals surface area contributed by atoms with Crippen LogP contribution in [0.2, 0.25) is 0 Å². The van der Waals surface area contributed by atoms with Crippen molar-refractivity contribution in [2.24, 2.45) is 0 Å². The first kappa shape index (κ1) is 16.6. The summed E-state index contributed by atoms with van der Waals surface area (Å²) in [4.78, 5) is 0. The molecule has 0 saturated heterocycles. The largest absolute Gasteiger partial charge is 0 e. The number of hydrogen-bond donors (Lipinski definition) is 0. The summed E-state index contributed by atoms with van der Waals surface area (Å²) >= 11 is 0.300. The van der Waals surface area contributed by atoms with Gasteiger partial charge < -0.3 is 0 Å². The molecule has 19 valence electrons. The standard InChI is InChI=1S/Nb.O.Sn.Ti. The maximum Gasteiger partial charge on any atom is 0 e. The molecular weight excluding hydrogens is 275 g/mol. The Labute approximate surface area is 68.8 Å². The van der Waals surface area contributed by atoms with E-state index in [1.807, 2.05) is 0 Å². The van der Waals surface area contributed by atoms with Crippen molar-refractivity contribution in [1.29, 1.82) is 0 Å². The molecule has 0 aliphatic heterocycles. The summed E-state index contributed by atoms with van der Waals surface area (Å²) in [7, 11) is 0. The van der Waals surface area contributed by atoms with Crippen LogP contribution in [0.25, 0.3) is 0 Å². The minimum absolute atomic E-state index is 0. The summed E-state index contributed by atoms with van der Waals surface area (Å²) in [6, 6.07) is 0. The average Bonchev–Trinajstić information content (AvgIpc) is 1.00. The van der Waals surface area contributed by atoms with Gasteiger partial charge in [0.15, 0.2) is 0 Å². The van der Waals surface area contributed by atoms with E-state index < -0.39 is 0 Å². The normalized spacial score (nSPS) is 1.00. The van der Waals surface area contributed by atoms with E-state index in [4.69, 9.17) is 3.08 Å². The maximum absolute atomic E-state index is 8.34.